The lowest BCUT2D eigenvalue weighted by Gasteiger charge is -2.04. The smallest absolute Gasteiger partial charge is 0.333 e. The Morgan fingerprint density at radius 1 is 0.692 bits per heavy atom. The highest BCUT2D eigenvalue weighted by atomic mass is 16.7. The summed E-state index contributed by atoms with van der Waals surface area (Å²) in [6, 6.07) is 0. The fourth-order valence-corrected chi connectivity index (χ4v) is 1.89. The van der Waals surface area contributed by atoms with Gasteiger partial charge in [-0.3, -0.25) is 14.4 Å². The van der Waals surface area contributed by atoms with Crippen molar-refractivity contribution in [2.75, 3.05) is 13.6 Å². The molecule has 0 amide bonds. The quantitative estimate of drug-likeness (QED) is 0.198. The summed E-state index contributed by atoms with van der Waals surface area (Å²) in [7, 11) is 0. The van der Waals surface area contributed by atoms with Crippen LogP contribution in [0.4, 0.5) is 0 Å². The van der Waals surface area contributed by atoms with Crippen molar-refractivity contribution in [1.82, 2.24) is 0 Å². The number of hydrogen-bond donors (Lipinski definition) is 0. The van der Waals surface area contributed by atoms with Crippen LogP contribution in [0.25, 0.3) is 0 Å². The average Bonchev–Trinajstić information content (AvgIpc) is 2.55. The SMILES string of the molecule is CC(=O)OCOC(=O)C=CCCCCCCCCC(=O)OCOC(C)=O. The van der Waals surface area contributed by atoms with Crippen LogP contribution < -0.4 is 0 Å². The molecule has 0 aliphatic heterocycles. The Balaban J connectivity index is 3.39. The van der Waals surface area contributed by atoms with Crippen LogP contribution in [0.1, 0.15) is 65.2 Å². The van der Waals surface area contributed by atoms with Gasteiger partial charge >= 0.3 is 23.9 Å². The second kappa shape index (κ2) is 16.1. The van der Waals surface area contributed by atoms with Crippen LogP contribution in [0.3, 0.4) is 0 Å². The molecule has 0 rings (SSSR count). The van der Waals surface area contributed by atoms with Crippen LogP contribution in [-0.4, -0.2) is 37.5 Å². The molecule has 0 spiro atoms. The molecule has 0 N–H and O–H groups in total. The van der Waals surface area contributed by atoms with E-state index in [2.05, 4.69) is 14.2 Å². The zero-order valence-corrected chi connectivity index (χ0v) is 15.5. The van der Waals surface area contributed by atoms with E-state index in [1.165, 1.54) is 19.9 Å². The molecule has 0 aromatic rings. The largest absolute Gasteiger partial charge is 0.428 e. The molecule has 0 atom stereocenters. The van der Waals surface area contributed by atoms with Crippen molar-refractivity contribution in [3.63, 3.8) is 0 Å². The van der Waals surface area contributed by atoms with E-state index in [1.807, 2.05) is 0 Å². The zero-order valence-electron chi connectivity index (χ0n) is 15.5. The summed E-state index contributed by atoms with van der Waals surface area (Å²) in [5, 5.41) is 0. The lowest BCUT2D eigenvalue weighted by molar-refractivity contribution is -0.166. The number of allylic oxidation sites excluding steroid dienone is 1. The molecule has 0 aliphatic rings. The molecule has 0 saturated heterocycles. The van der Waals surface area contributed by atoms with Crippen molar-refractivity contribution < 1.29 is 38.1 Å². The molecule has 148 valence electrons. The third kappa shape index (κ3) is 18.0. The Morgan fingerprint density at radius 3 is 1.85 bits per heavy atom. The fraction of sp³-hybridized carbons (Fsp3) is 0.667. The molecule has 0 heterocycles. The summed E-state index contributed by atoms with van der Waals surface area (Å²) >= 11 is 0. The number of carbonyl (C=O) groups excluding carboxylic acids is 4. The van der Waals surface area contributed by atoms with Crippen molar-refractivity contribution in [2.24, 2.45) is 0 Å². The van der Waals surface area contributed by atoms with E-state index < -0.39 is 17.9 Å². The highest BCUT2D eigenvalue weighted by molar-refractivity contribution is 5.81. The summed E-state index contributed by atoms with van der Waals surface area (Å²) in [4.78, 5) is 43.5. The summed E-state index contributed by atoms with van der Waals surface area (Å²) in [5.74, 6) is -1.88. The summed E-state index contributed by atoms with van der Waals surface area (Å²) in [6.07, 6.45) is 9.87. The van der Waals surface area contributed by atoms with Gasteiger partial charge in [-0.25, -0.2) is 4.79 Å². The van der Waals surface area contributed by atoms with Crippen LogP contribution in [0, 0.1) is 0 Å². The minimum atomic E-state index is -0.535. The number of unbranched alkanes of at least 4 members (excludes halogenated alkanes) is 6. The van der Waals surface area contributed by atoms with Crippen LogP contribution in [0.2, 0.25) is 0 Å². The van der Waals surface area contributed by atoms with E-state index in [0.717, 1.165) is 44.9 Å². The third-order valence-electron chi connectivity index (χ3n) is 3.20. The summed E-state index contributed by atoms with van der Waals surface area (Å²) < 4.78 is 18.4. The maximum absolute atomic E-state index is 11.3. The van der Waals surface area contributed by atoms with Crippen molar-refractivity contribution in [3.8, 4) is 0 Å². The lowest BCUT2D eigenvalue weighted by atomic mass is 10.1. The first-order valence-electron chi connectivity index (χ1n) is 8.67. The lowest BCUT2D eigenvalue weighted by Crippen LogP contribution is -2.10. The summed E-state index contributed by atoms with van der Waals surface area (Å²) in [6.45, 7) is 1.80. The normalized spacial score (nSPS) is 10.4. The van der Waals surface area contributed by atoms with E-state index in [9.17, 15) is 19.2 Å². The standard InChI is InChI=1S/C18H28O8/c1-15(19)23-13-25-17(21)11-9-7-5-3-4-6-8-10-12-18(22)26-14-24-16(2)20/h9,11H,3-8,10,12-14H2,1-2H3. The Morgan fingerprint density at radius 2 is 1.23 bits per heavy atom. The number of carbonyl (C=O) groups is 4. The fourth-order valence-electron chi connectivity index (χ4n) is 1.89. The molecule has 0 bridgehead atoms. The Bertz CT molecular complexity index is 470. The molecule has 8 nitrogen and oxygen atoms in total. The molecule has 0 aliphatic carbocycles. The van der Waals surface area contributed by atoms with Crippen LogP contribution >= 0.6 is 0 Å². The first kappa shape index (κ1) is 23.6. The van der Waals surface area contributed by atoms with Crippen LogP contribution in [0.15, 0.2) is 12.2 Å². The second-order valence-electron chi connectivity index (χ2n) is 5.55. The zero-order chi connectivity index (χ0) is 19.6. The second-order valence-corrected chi connectivity index (χ2v) is 5.55. The molecular weight excluding hydrogens is 344 g/mol. The molecule has 0 unspecified atom stereocenters. The van der Waals surface area contributed by atoms with E-state index in [-0.39, 0.29) is 19.6 Å². The predicted octanol–water partition coefficient (Wildman–Crippen LogP) is 2.79. The highest BCUT2D eigenvalue weighted by Crippen LogP contribution is 2.09. The summed E-state index contributed by atoms with van der Waals surface area (Å²) in [5.41, 5.74) is 0. The van der Waals surface area contributed by atoms with Crippen molar-refractivity contribution >= 4 is 23.9 Å². The van der Waals surface area contributed by atoms with E-state index in [1.54, 1.807) is 6.08 Å². The molecule has 0 aromatic heterocycles. The van der Waals surface area contributed by atoms with Gasteiger partial charge in [0.15, 0.2) is 0 Å². The number of esters is 4. The molecule has 0 aromatic carbocycles. The first-order valence-corrected chi connectivity index (χ1v) is 8.67. The molecule has 0 radical (unpaired) electrons. The van der Waals surface area contributed by atoms with Crippen molar-refractivity contribution in [3.05, 3.63) is 12.2 Å². The molecule has 0 saturated carbocycles. The van der Waals surface area contributed by atoms with Gasteiger partial charge in [0.25, 0.3) is 0 Å². The van der Waals surface area contributed by atoms with Crippen LogP contribution in [-0.2, 0) is 38.1 Å². The first-order chi connectivity index (χ1) is 12.4. The predicted molar refractivity (Wildman–Crippen MR) is 91.5 cm³/mol. The van der Waals surface area contributed by atoms with Gasteiger partial charge in [-0.1, -0.05) is 31.8 Å². The maximum atomic E-state index is 11.3. The van der Waals surface area contributed by atoms with Gasteiger partial charge in [0.1, 0.15) is 0 Å². The molecular formula is C18H28O8. The molecule has 26 heavy (non-hydrogen) atoms. The Kier molecular flexibility index (Phi) is 14.6. The van der Waals surface area contributed by atoms with Gasteiger partial charge in [-0.15, -0.1) is 0 Å². The topological polar surface area (TPSA) is 105 Å². The number of rotatable bonds is 14. The number of hydrogen-bond acceptors (Lipinski definition) is 8. The Labute approximate surface area is 153 Å². The maximum Gasteiger partial charge on any atom is 0.333 e. The van der Waals surface area contributed by atoms with Gasteiger partial charge in [-0.05, 0) is 19.3 Å². The van der Waals surface area contributed by atoms with Gasteiger partial charge in [0, 0.05) is 26.3 Å². The van der Waals surface area contributed by atoms with Crippen LogP contribution in [0.5, 0.6) is 0 Å². The number of ether oxygens (including phenoxy) is 4. The van der Waals surface area contributed by atoms with Crippen molar-refractivity contribution in [1.29, 1.82) is 0 Å². The Hall–Kier alpha value is -2.38. The average molecular weight is 372 g/mol. The van der Waals surface area contributed by atoms with E-state index in [4.69, 9.17) is 4.74 Å². The van der Waals surface area contributed by atoms with Crippen molar-refractivity contribution in [2.45, 2.75) is 65.2 Å². The van der Waals surface area contributed by atoms with E-state index in [0.29, 0.717) is 6.42 Å². The van der Waals surface area contributed by atoms with Gasteiger partial charge in [0.2, 0.25) is 13.6 Å². The third-order valence-corrected chi connectivity index (χ3v) is 3.20. The minimum absolute atomic E-state index is 0.319. The van der Waals surface area contributed by atoms with Gasteiger partial charge in [-0.2, -0.15) is 0 Å². The van der Waals surface area contributed by atoms with Gasteiger partial charge < -0.3 is 18.9 Å². The monoisotopic (exact) mass is 372 g/mol. The minimum Gasteiger partial charge on any atom is -0.428 e. The molecule has 0 fully saturated rings. The highest BCUT2D eigenvalue weighted by Gasteiger charge is 2.03. The molecule has 8 heteroatoms. The van der Waals surface area contributed by atoms with E-state index >= 15 is 0 Å². The van der Waals surface area contributed by atoms with Gasteiger partial charge in [0.05, 0.1) is 0 Å².